The van der Waals surface area contributed by atoms with Crippen molar-refractivity contribution in [2.24, 2.45) is 0 Å². The van der Waals surface area contributed by atoms with Gasteiger partial charge in [0.2, 0.25) is 0 Å². The van der Waals surface area contributed by atoms with Gasteiger partial charge in [-0.25, -0.2) is 4.98 Å². The second-order valence-electron chi connectivity index (χ2n) is 5.21. The maximum Gasteiger partial charge on any atom is 0.122 e. The van der Waals surface area contributed by atoms with Gasteiger partial charge in [-0.1, -0.05) is 12.0 Å². The predicted molar refractivity (Wildman–Crippen MR) is 93.7 cm³/mol. The van der Waals surface area contributed by atoms with Crippen LogP contribution in [0.15, 0.2) is 60.9 Å². The Morgan fingerprint density at radius 2 is 1.79 bits per heavy atom. The zero-order chi connectivity index (χ0) is 16.8. The highest BCUT2D eigenvalue weighted by atomic mass is 16.5. The molecule has 3 aromatic rings. The van der Waals surface area contributed by atoms with Gasteiger partial charge in [-0.3, -0.25) is 0 Å². The molecule has 0 amide bonds. The molecule has 0 N–H and O–H groups in total. The van der Waals surface area contributed by atoms with Crippen LogP contribution in [0.2, 0.25) is 0 Å². The third-order valence-corrected chi connectivity index (χ3v) is 3.56. The van der Waals surface area contributed by atoms with Crippen LogP contribution in [0, 0.1) is 19.3 Å². The lowest BCUT2D eigenvalue weighted by atomic mass is 10.2. The monoisotopic (exact) mass is 318 g/mol. The number of nitrogens with zero attached hydrogens (tertiary/aromatic N) is 2. The number of terminal acetylenes is 1. The summed E-state index contributed by atoms with van der Waals surface area (Å²) >= 11 is 0. The summed E-state index contributed by atoms with van der Waals surface area (Å²) in [7, 11) is 0. The van der Waals surface area contributed by atoms with Crippen molar-refractivity contribution in [2.45, 2.75) is 6.92 Å². The summed E-state index contributed by atoms with van der Waals surface area (Å²) in [6.45, 7) is 2.89. The molecule has 3 rings (SSSR count). The highest BCUT2D eigenvalue weighted by Gasteiger charge is 2.02. The number of ether oxygens (including phenoxy) is 2. The molecule has 2 aromatic carbocycles. The number of hydrogen-bond donors (Lipinski definition) is 0. The summed E-state index contributed by atoms with van der Waals surface area (Å²) in [6, 6.07) is 15.3. The topological polar surface area (TPSA) is 36.3 Å². The highest BCUT2D eigenvalue weighted by Crippen LogP contribution is 2.18. The zero-order valence-electron chi connectivity index (χ0n) is 13.5. The Labute approximate surface area is 141 Å². The molecule has 120 valence electrons. The Morgan fingerprint density at radius 3 is 2.46 bits per heavy atom. The summed E-state index contributed by atoms with van der Waals surface area (Å²) in [5.41, 5.74) is 1.86. The number of benzene rings is 2. The fourth-order valence-electron chi connectivity index (χ4n) is 2.34. The lowest BCUT2D eigenvalue weighted by Gasteiger charge is -2.10. The molecular formula is C20H18N2O2. The molecule has 4 nitrogen and oxygen atoms in total. The van der Waals surface area contributed by atoms with E-state index in [2.05, 4.69) is 10.9 Å². The lowest BCUT2D eigenvalue weighted by molar-refractivity contribution is 0.217. The maximum atomic E-state index is 5.76. The van der Waals surface area contributed by atoms with Crippen LogP contribution in [0.4, 0.5) is 0 Å². The third kappa shape index (κ3) is 3.76. The van der Waals surface area contributed by atoms with Crippen molar-refractivity contribution in [3.05, 3.63) is 72.3 Å². The first kappa shape index (κ1) is 15.7. The van der Waals surface area contributed by atoms with Gasteiger partial charge in [0.05, 0.1) is 5.69 Å². The van der Waals surface area contributed by atoms with Crippen LogP contribution in [0.1, 0.15) is 11.4 Å². The molecule has 0 radical (unpaired) electrons. The first-order valence-electron chi connectivity index (χ1n) is 7.69. The Balaban J connectivity index is 1.53. The minimum atomic E-state index is 0.462. The summed E-state index contributed by atoms with van der Waals surface area (Å²) in [4.78, 5) is 4.23. The molecular weight excluding hydrogens is 300 g/mol. The highest BCUT2D eigenvalue weighted by molar-refractivity contribution is 5.40. The summed E-state index contributed by atoms with van der Waals surface area (Å²) in [5.74, 6) is 5.09. The van der Waals surface area contributed by atoms with E-state index < -0.39 is 0 Å². The van der Waals surface area contributed by atoms with Gasteiger partial charge in [0.15, 0.2) is 0 Å². The standard InChI is InChI=1S/C20H18N2O2/c1-3-17-7-9-19(10-8-17)23-13-14-24-20-6-4-5-18(15-20)22-12-11-21-16(22)2/h1,4-12,15H,13-14H2,2H3. The maximum absolute atomic E-state index is 5.76. The Morgan fingerprint density at radius 1 is 1.04 bits per heavy atom. The smallest absolute Gasteiger partial charge is 0.122 e. The molecule has 0 aliphatic heterocycles. The molecule has 0 atom stereocenters. The van der Waals surface area contributed by atoms with Crippen LogP contribution in [0.5, 0.6) is 11.5 Å². The van der Waals surface area contributed by atoms with Gasteiger partial charge in [0, 0.05) is 24.0 Å². The van der Waals surface area contributed by atoms with Gasteiger partial charge in [0.25, 0.3) is 0 Å². The van der Waals surface area contributed by atoms with Crippen LogP contribution in [-0.4, -0.2) is 22.8 Å². The molecule has 0 unspecified atom stereocenters. The van der Waals surface area contributed by atoms with E-state index >= 15 is 0 Å². The van der Waals surface area contributed by atoms with Crippen LogP contribution in [0.3, 0.4) is 0 Å². The summed E-state index contributed by atoms with van der Waals surface area (Å²) in [5, 5.41) is 0. The first-order chi connectivity index (χ1) is 11.8. The summed E-state index contributed by atoms with van der Waals surface area (Å²) < 4.78 is 13.4. The molecule has 0 fully saturated rings. The Kier molecular flexibility index (Phi) is 4.83. The van der Waals surface area contributed by atoms with Crippen molar-refractivity contribution >= 4 is 0 Å². The number of aromatic nitrogens is 2. The molecule has 0 bridgehead atoms. The molecule has 0 aliphatic rings. The van der Waals surface area contributed by atoms with Crippen LogP contribution < -0.4 is 9.47 Å². The number of imidazole rings is 1. The first-order valence-corrected chi connectivity index (χ1v) is 7.69. The molecule has 24 heavy (non-hydrogen) atoms. The van der Waals surface area contributed by atoms with E-state index in [0.29, 0.717) is 13.2 Å². The van der Waals surface area contributed by atoms with E-state index in [-0.39, 0.29) is 0 Å². The molecule has 0 saturated heterocycles. The fourth-order valence-corrected chi connectivity index (χ4v) is 2.34. The van der Waals surface area contributed by atoms with Crippen molar-refractivity contribution in [1.82, 2.24) is 9.55 Å². The molecule has 0 saturated carbocycles. The minimum absolute atomic E-state index is 0.462. The quantitative estimate of drug-likeness (QED) is 0.514. The number of rotatable bonds is 6. The van der Waals surface area contributed by atoms with E-state index in [4.69, 9.17) is 15.9 Å². The second kappa shape index (κ2) is 7.38. The van der Waals surface area contributed by atoms with Gasteiger partial charge in [-0.05, 0) is 43.3 Å². The zero-order valence-corrected chi connectivity index (χ0v) is 13.5. The van der Waals surface area contributed by atoms with E-state index in [1.54, 1.807) is 6.20 Å². The molecule has 1 aromatic heterocycles. The van der Waals surface area contributed by atoms with E-state index in [9.17, 15) is 0 Å². The normalized spacial score (nSPS) is 10.2. The van der Waals surface area contributed by atoms with E-state index in [0.717, 1.165) is 28.6 Å². The lowest BCUT2D eigenvalue weighted by Crippen LogP contribution is -2.09. The van der Waals surface area contributed by atoms with Crippen molar-refractivity contribution in [2.75, 3.05) is 13.2 Å². The Hall–Kier alpha value is -3.19. The van der Waals surface area contributed by atoms with Gasteiger partial charge in [-0.15, -0.1) is 6.42 Å². The minimum Gasteiger partial charge on any atom is -0.490 e. The third-order valence-electron chi connectivity index (χ3n) is 3.56. The average molecular weight is 318 g/mol. The summed E-state index contributed by atoms with van der Waals surface area (Å²) in [6.07, 6.45) is 9.03. The van der Waals surface area contributed by atoms with Gasteiger partial charge in [0.1, 0.15) is 30.5 Å². The van der Waals surface area contributed by atoms with Crippen LogP contribution >= 0.6 is 0 Å². The molecule has 1 heterocycles. The molecule has 0 spiro atoms. The predicted octanol–water partition coefficient (Wildman–Crippen LogP) is 3.62. The SMILES string of the molecule is C#Cc1ccc(OCCOc2cccc(-n3ccnc3C)c2)cc1. The second-order valence-corrected chi connectivity index (χ2v) is 5.21. The van der Waals surface area contributed by atoms with E-state index in [1.807, 2.05) is 66.2 Å². The van der Waals surface area contributed by atoms with Crippen molar-refractivity contribution in [3.8, 4) is 29.5 Å². The van der Waals surface area contributed by atoms with Gasteiger partial charge < -0.3 is 14.0 Å². The molecule has 4 heteroatoms. The number of aryl methyl sites for hydroxylation is 1. The van der Waals surface area contributed by atoms with Gasteiger partial charge in [-0.2, -0.15) is 0 Å². The largest absolute Gasteiger partial charge is 0.490 e. The average Bonchev–Trinajstić information content (AvgIpc) is 3.05. The molecule has 0 aliphatic carbocycles. The van der Waals surface area contributed by atoms with Crippen LogP contribution in [0.25, 0.3) is 5.69 Å². The number of hydrogen-bond acceptors (Lipinski definition) is 3. The van der Waals surface area contributed by atoms with E-state index in [1.165, 1.54) is 0 Å². The van der Waals surface area contributed by atoms with Crippen molar-refractivity contribution in [1.29, 1.82) is 0 Å². The Bertz CT molecular complexity index is 845. The van der Waals surface area contributed by atoms with Crippen molar-refractivity contribution < 1.29 is 9.47 Å². The fraction of sp³-hybridized carbons (Fsp3) is 0.150. The van der Waals surface area contributed by atoms with Crippen LogP contribution in [-0.2, 0) is 0 Å². The van der Waals surface area contributed by atoms with Gasteiger partial charge >= 0.3 is 0 Å². The van der Waals surface area contributed by atoms with Crippen molar-refractivity contribution in [3.63, 3.8) is 0 Å².